The van der Waals surface area contributed by atoms with Crippen molar-refractivity contribution >= 4 is 18.7 Å². The van der Waals surface area contributed by atoms with Gasteiger partial charge in [-0.1, -0.05) is 51.0 Å². The summed E-state index contributed by atoms with van der Waals surface area (Å²) in [4.78, 5) is 33.9. The Labute approximate surface area is 412 Å². The van der Waals surface area contributed by atoms with Crippen molar-refractivity contribution in [1.29, 1.82) is 0 Å². The second-order valence-corrected chi connectivity index (χ2v) is 19.4. The van der Waals surface area contributed by atoms with Gasteiger partial charge >= 0.3 is 11.9 Å². The van der Waals surface area contributed by atoms with E-state index in [2.05, 4.69) is 105 Å². The van der Waals surface area contributed by atoms with E-state index in [1.165, 1.54) is 5.56 Å². The van der Waals surface area contributed by atoms with Gasteiger partial charge in [-0.05, 0) is 157 Å². The van der Waals surface area contributed by atoms with Crippen molar-refractivity contribution in [2.75, 3.05) is 26.4 Å². The third-order valence-corrected chi connectivity index (χ3v) is 10.1. The first-order chi connectivity index (χ1) is 32.1. The molecule has 12 heteroatoms. The van der Waals surface area contributed by atoms with Crippen molar-refractivity contribution in [2.24, 2.45) is 17.8 Å². The second kappa shape index (κ2) is 36.2. The van der Waals surface area contributed by atoms with Crippen LogP contribution in [0.4, 0.5) is 0 Å². The van der Waals surface area contributed by atoms with Crippen LogP contribution in [0.15, 0.2) is 49.6 Å². The lowest BCUT2D eigenvalue weighted by Crippen LogP contribution is -2.39. The highest BCUT2D eigenvalue weighted by Crippen LogP contribution is 2.34. The van der Waals surface area contributed by atoms with E-state index in [1.807, 2.05) is 62.2 Å². The van der Waals surface area contributed by atoms with E-state index in [9.17, 15) is 9.59 Å². The van der Waals surface area contributed by atoms with Crippen LogP contribution in [0.2, 0.25) is 0 Å². The number of rotatable bonds is 27. The largest absolute Gasteiger partial charge is 0.491 e. The average Bonchev–Trinajstić information content (AvgIpc) is 3.27. The molecule has 4 unspecified atom stereocenters. The summed E-state index contributed by atoms with van der Waals surface area (Å²) in [7, 11) is 0. The van der Waals surface area contributed by atoms with E-state index in [0.29, 0.717) is 38.6 Å². The molecular weight excluding hydrogens is 865 g/mol. The number of ether oxygens (including phenoxy) is 9. The summed E-state index contributed by atoms with van der Waals surface area (Å²) in [6.45, 7) is 41.8. The van der Waals surface area contributed by atoms with Crippen molar-refractivity contribution in [1.82, 2.24) is 0 Å². The Morgan fingerprint density at radius 2 is 0.897 bits per heavy atom. The van der Waals surface area contributed by atoms with Crippen LogP contribution in [-0.2, 0) is 60.6 Å². The van der Waals surface area contributed by atoms with Gasteiger partial charge in [0.15, 0.2) is 0 Å². The Hall–Kier alpha value is -3.81. The fraction of sp³-hybridized carbons (Fsp3) is 0.696. The van der Waals surface area contributed by atoms with Crippen LogP contribution < -0.4 is 9.47 Å². The van der Waals surface area contributed by atoms with Gasteiger partial charge < -0.3 is 47.4 Å². The van der Waals surface area contributed by atoms with Crippen molar-refractivity contribution in [2.45, 2.75) is 211 Å². The third-order valence-electron chi connectivity index (χ3n) is 10.1. The van der Waals surface area contributed by atoms with Crippen molar-refractivity contribution in [3.05, 3.63) is 60.7 Å². The lowest BCUT2D eigenvalue weighted by atomic mass is 9.79. The summed E-state index contributed by atoms with van der Waals surface area (Å²) < 4.78 is 52.3. The minimum absolute atomic E-state index is 0.0162. The lowest BCUT2D eigenvalue weighted by Gasteiger charge is -2.30. The van der Waals surface area contributed by atoms with Crippen LogP contribution in [-0.4, -0.2) is 100 Å². The Kier molecular flexibility index (Phi) is 34.2. The van der Waals surface area contributed by atoms with Gasteiger partial charge in [-0.2, -0.15) is 0 Å². The highest BCUT2D eigenvalue weighted by atomic mass is 16.6. The van der Waals surface area contributed by atoms with Crippen LogP contribution in [0.1, 0.15) is 154 Å². The average molecular weight is 959 g/mol. The molecule has 0 saturated heterocycles. The van der Waals surface area contributed by atoms with Crippen LogP contribution >= 0.6 is 0 Å². The van der Waals surface area contributed by atoms with Crippen LogP contribution in [0.5, 0.6) is 11.5 Å². The molecule has 0 N–H and O–H groups in total. The molecule has 3 rings (SSSR count). The maximum absolute atomic E-state index is 12.9. The van der Waals surface area contributed by atoms with Gasteiger partial charge in [-0.15, -0.1) is 13.2 Å². The zero-order valence-electron chi connectivity index (χ0n) is 45.2. The molecule has 2 aromatic carbocycles. The van der Waals surface area contributed by atoms with Crippen molar-refractivity contribution in [3.8, 4) is 22.6 Å². The maximum Gasteiger partial charge on any atom is 0.309 e. The predicted molar refractivity (Wildman–Crippen MR) is 274 cm³/mol. The zero-order valence-corrected chi connectivity index (χ0v) is 45.2. The molecule has 0 bridgehead atoms. The molecule has 1 aliphatic carbocycles. The van der Waals surface area contributed by atoms with E-state index in [1.54, 1.807) is 0 Å². The molecule has 12 nitrogen and oxygen atoms in total. The molecule has 1 aliphatic rings. The number of esters is 2. The lowest BCUT2D eigenvalue weighted by molar-refractivity contribution is -0.170. The molecule has 2 aromatic rings. The summed E-state index contributed by atoms with van der Waals surface area (Å²) in [6.07, 6.45) is 4.99. The minimum Gasteiger partial charge on any atom is -0.491 e. The number of hydrogen-bond donors (Lipinski definition) is 0. The molecule has 0 radical (unpaired) electrons. The van der Waals surface area contributed by atoms with E-state index < -0.39 is 11.8 Å². The van der Waals surface area contributed by atoms with E-state index in [-0.39, 0.29) is 80.1 Å². The Morgan fingerprint density at radius 1 is 0.515 bits per heavy atom. The molecule has 68 heavy (non-hydrogen) atoms. The second-order valence-electron chi connectivity index (χ2n) is 19.4. The first-order valence-electron chi connectivity index (χ1n) is 25.0. The van der Waals surface area contributed by atoms with Gasteiger partial charge in [0.1, 0.15) is 43.7 Å². The summed E-state index contributed by atoms with van der Waals surface area (Å²) in [5.41, 5.74) is 4.63. The predicted octanol–water partition coefficient (Wildman–Crippen LogP) is 12.4. The van der Waals surface area contributed by atoms with Crippen LogP contribution in [0.3, 0.4) is 0 Å². The molecule has 4 atom stereocenters. The summed E-state index contributed by atoms with van der Waals surface area (Å²) in [5.74, 6) is 0.781. The Morgan fingerprint density at radius 3 is 1.25 bits per heavy atom. The Balaban J connectivity index is 0.00000124. The Bertz CT molecular complexity index is 1520. The smallest absolute Gasteiger partial charge is 0.309 e. The van der Waals surface area contributed by atoms with Crippen molar-refractivity contribution < 1.29 is 57.0 Å². The molecule has 0 aliphatic heterocycles. The molecule has 0 heterocycles. The van der Waals surface area contributed by atoms with Gasteiger partial charge in [0.25, 0.3) is 0 Å². The monoisotopic (exact) mass is 959 g/mol. The standard InChI is InChI=1S/C27H40O3.C26H48O8.C2H4.CH2O/c1-18(2)9-10-22-11-12-23(15-26(22)29-20(5)6)24-13-14-25(17-28-19(3)4)27(16-24)30-21(7)8;1-17(2)29-13-21(33-19(5)6)15-31-25(27)23-11-9-10-12-24(23)26(28)32-16-22(34-20(7)8)14-30-18(3)4;2*1-2/h11-16,18-21H,9-10,17H2,1-8H3;17-24H,9-16H2,1-8H3;1-2H2;1H2. The molecule has 1 fully saturated rings. The van der Waals surface area contributed by atoms with Gasteiger partial charge in [-0.3, -0.25) is 9.59 Å². The molecule has 0 spiro atoms. The SMILES string of the molecule is C=C.C=O.CC(C)CCc1ccc(-c2ccc(COC(C)C)c(OC(C)C)c2)cc1OC(C)C.CC(C)OCC(COC(=O)C1CCCCC1C(=O)OCC(COC(C)C)OC(C)C)OC(C)C. The molecular formula is C56H94O12. The number of hydrogen-bond acceptors (Lipinski definition) is 12. The molecule has 1 saturated carbocycles. The van der Waals surface area contributed by atoms with Crippen LogP contribution in [0.25, 0.3) is 11.1 Å². The number of carbonyl (C=O) groups is 3. The fourth-order valence-electron chi connectivity index (χ4n) is 7.10. The van der Waals surface area contributed by atoms with E-state index >= 15 is 0 Å². The number of benzene rings is 2. The fourth-order valence-corrected chi connectivity index (χ4v) is 7.10. The van der Waals surface area contributed by atoms with E-state index in [4.69, 9.17) is 47.4 Å². The minimum atomic E-state index is -0.511. The highest BCUT2D eigenvalue weighted by molar-refractivity contribution is 5.82. The van der Waals surface area contributed by atoms with E-state index in [0.717, 1.165) is 53.9 Å². The first-order valence-corrected chi connectivity index (χ1v) is 25.0. The third kappa shape index (κ3) is 28.0. The van der Waals surface area contributed by atoms with Gasteiger partial charge in [-0.25, -0.2) is 0 Å². The molecule has 390 valence electrons. The summed E-state index contributed by atoms with van der Waals surface area (Å²) in [5, 5.41) is 0. The van der Waals surface area contributed by atoms with Gasteiger partial charge in [0.2, 0.25) is 0 Å². The number of carbonyl (C=O) groups excluding carboxylic acids is 3. The summed E-state index contributed by atoms with van der Waals surface area (Å²) >= 11 is 0. The van der Waals surface area contributed by atoms with Crippen molar-refractivity contribution in [3.63, 3.8) is 0 Å². The maximum atomic E-state index is 12.9. The quantitative estimate of drug-likeness (QED) is 0.0623. The van der Waals surface area contributed by atoms with Gasteiger partial charge in [0.05, 0.1) is 74.4 Å². The zero-order chi connectivity index (χ0) is 51.9. The summed E-state index contributed by atoms with van der Waals surface area (Å²) in [6, 6.07) is 13.0. The number of aryl methyl sites for hydroxylation is 1. The molecule has 0 aromatic heterocycles. The highest BCUT2D eigenvalue weighted by Gasteiger charge is 2.38. The normalized spacial score (nSPS) is 15.6. The van der Waals surface area contributed by atoms with Crippen LogP contribution in [0, 0.1) is 17.8 Å². The molecule has 0 amide bonds. The first kappa shape index (κ1) is 64.2. The topological polar surface area (TPSA) is 134 Å². The van der Waals surface area contributed by atoms with Gasteiger partial charge in [0, 0.05) is 5.56 Å².